The first-order chi connectivity index (χ1) is 28.1. The molecule has 0 N–H and O–H groups in total. The van der Waals surface area contributed by atoms with E-state index in [-0.39, 0.29) is 11.2 Å². The Kier molecular flexibility index (Phi) is 11.0. The molecule has 0 saturated carbocycles. The molecule has 1 fully saturated rings. The van der Waals surface area contributed by atoms with Crippen LogP contribution in [0.1, 0.15) is 27.7 Å². The van der Waals surface area contributed by atoms with Crippen molar-refractivity contribution in [1.29, 1.82) is 0 Å². The number of benzene rings is 4. The minimum atomic E-state index is -0.395. The lowest BCUT2D eigenvalue weighted by Crippen LogP contribution is -2.41. The molecule has 0 amide bonds. The molecule has 1 saturated heterocycles. The zero-order valence-corrected chi connectivity index (χ0v) is 33.4. The van der Waals surface area contributed by atoms with Crippen LogP contribution in [0.25, 0.3) is 67.8 Å². The normalized spacial score (nSPS) is 14.1. The molecule has 0 aliphatic carbocycles. The van der Waals surface area contributed by atoms with Crippen LogP contribution in [0.3, 0.4) is 0 Å². The van der Waals surface area contributed by atoms with Gasteiger partial charge in [-0.2, -0.15) is 0 Å². The highest BCUT2D eigenvalue weighted by atomic mass is 35.5. The third-order valence-corrected chi connectivity index (χ3v) is 10.6. The molecule has 58 heavy (non-hydrogen) atoms. The summed E-state index contributed by atoms with van der Waals surface area (Å²) < 4.78 is 12.4. The maximum atomic E-state index is 6.19. The molecule has 1 aliphatic rings. The molecule has 1 aliphatic heterocycles. The highest BCUT2D eigenvalue weighted by Gasteiger charge is 2.51. The van der Waals surface area contributed by atoms with Crippen LogP contribution in [0.2, 0.25) is 5.02 Å². The molecule has 9 rings (SSSR count). The predicted octanol–water partition coefficient (Wildman–Crippen LogP) is 10.7. The van der Waals surface area contributed by atoms with Crippen molar-refractivity contribution in [1.82, 2.24) is 29.9 Å². The van der Waals surface area contributed by atoms with E-state index in [0.717, 1.165) is 61.6 Å². The van der Waals surface area contributed by atoms with Gasteiger partial charge in [0, 0.05) is 63.2 Å². The molecule has 4 aromatic carbocycles. The average molecular weight is 779 g/mol. The van der Waals surface area contributed by atoms with E-state index in [1.54, 1.807) is 24.8 Å². The second-order valence-corrected chi connectivity index (χ2v) is 15.3. The molecule has 0 bridgehead atoms. The molecule has 5 heterocycles. The van der Waals surface area contributed by atoms with Crippen molar-refractivity contribution in [2.75, 3.05) is 0 Å². The predicted molar refractivity (Wildman–Crippen MR) is 233 cm³/mol. The Labute approximate surface area is 344 Å². The summed E-state index contributed by atoms with van der Waals surface area (Å²) in [5, 5.41) is 0.692. The van der Waals surface area contributed by atoms with Gasteiger partial charge in [-0.15, -0.1) is 0 Å². The Morgan fingerprint density at radius 1 is 0.414 bits per heavy atom. The Morgan fingerprint density at radius 3 is 1.14 bits per heavy atom. The maximum absolute atomic E-state index is 6.19. The van der Waals surface area contributed by atoms with Crippen molar-refractivity contribution in [2.45, 2.75) is 38.9 Å². The zero-order chi connectivity index (χ0) is 40.1. The first-order valence-electron chi connectivity index (χ1n) is 19.0. The van der Waals surface area contributed by atoms with Crippen LogP contribution in [-0.4, -0.2) is 48.2 Å². The van der Waals surface area contributed by atoms with Gasteiger partial charge in [0.1, 0.15) is 0 Å². The minimum Gasteiger partial charge on any atom is -0.399 e. The molecule has 8 aromatic rings. The smallest absolute Gasteiger partial charge is 0.399 e. The Bertz CT molecular complexity index is 2480. The molecule has 0 radical (unpaired) electrons. The Balaban J connectivity index is 0.000000168. The standard InChI is InChI=1S/C27H26BN3O2.C21H14ClN3/c1-26(2)27(3,4)33-28(32-26)22-12-10-21(11-13-22)25-30-23(19-8-6-5-7-9-19)18-24(31-25)20-14-16-29-17-15-20;22-18-8-6-17(7-9-18)21-24-19(15-4-2-1-3-5-15)14-20(25-21)16-10-12-23-13-11-16/h5-18H,1-4H3;1-14H. The first-order valence-corrected chi connectivity index (χ1v) is 19.4. The summed E-state index contributed by atoms with van der Waals surface area (Å²) >= 11 is 6.01. The molecule has 4 aromatic heterocycles. The molecular weight excluding hydrogens is 739 g/mol. The fourth-order valence-corrected chi connectivity index (χ4v) is 6.50. The molecule has 10 heteroatoms. The van der Waals surface area contributed by atoms with Gasteiger partial charge in [-0.1, -0.05) is 96.5 Å². The van der Waals surface area contributed by atoms with Crippen molar-refractivity contribution < 1.29 is 9.31 Å². The lowest BCUT2D eigenvalue weighted by atomic mass is 9.79. The van der Waals surface area contributed by atoms with Crippen LogP contribution in [0.5, 0.6) is 0 Å². The van der Waals surface area contributed by atoms with Crippen molar-refractivity contribution in [3.8, 4) is 67.8 Å². The van der Waals surface area contributed by atoms with Crippen molar-refractivity contribution in [3.05, 3.63) is 175 Å². The van der Waals surface area contributed by atoms with E-state index >= 15 is 0 Å². The van der Waals surface area contributed by atoms with E-state index in [4.69, 9.17) is 40.8 Å². The van der Waals surface area contributed by atoms with Gasteiger partial charge < -0.3 is 9.31 Å². The highest BCUT2D eigenvalue weighted by Crippen LogP contribution is 2.37. The SMILES string of the molecule is CC1(C)OB(c2ccc(-c3nc(-c4ccccc4)cc(-c4ccncc4)n3)cc2)OC1(C)C.Clc1ccc(-c2nc(-c3ccccc3)cc(-c3ccncc3)n2)cc1. The van der Waals surface area contributed by atoms with E-state index in [9.17, 15) is 0 Å². The number of pyridine rings is 2. The summed E-state index contributed by atoms with van der Waals surface area (Å²) in [6.45, 7) is 8.24. The van der Waals surface area contributed by atoms with Gasteiger partial charge in [0.15, 0.2) is 11.6 Å². The lowest BCUT2D eigenvalue weighted by Gasteiger charge is -2.32. The van der Waals surface area contributed by atoms with Crippen molar-refractivity contribution in [3.63, 3.8) is 0 Å². The summed E-state index contributed by atoms with van der Waals surface area (Å²) in [6.07, 6.45) is 7.08. The fraction of sp³-hybridized carbons (Fsp3) is 0.125. The number of halogens is 1. The number of nitrogens with zero attached hydrogens (tertiary/aromatic N) is 6. The summed E-state index contributed by atoms with van der Waals surface area (Å²) in [5.74, 6) is 1.34. The van der Waals surface area contributed by atoms with Crippen molar-refractivity contribution >= 4 is 24.2 Å². The van der Waals surface area contributed by atoms with E-state index in [0.29, 0.717) is 16.7 Å². The van der Waals surface area contributed by atoms with Crippen LogP contribution >= 0.6 is 11.6 Å². The molecule has 0 unspecified atom stereocenters. The number of aromatic nitrogens is 6. The molecule has 284 valence electrons. The first kappa shape index (κ1) is 38.5. The monoisotopic (exact) mass is 778 g/mol. The topological polar surface area (TPSA) is 95.8 Å². The second kappa shape index (κ2) is 16.6. The van der Waals surface area contributed by atoms with Crippen LogP contribution < -0.4 is 5.46 Å². The number of rotatable bonds is 7. The quantitative estimate of drug-likeness (QED) is 0.148. The second-order valence-electron chi connectivity index (χ2n) is 14.8. The summed E-state index contributed by atoms with van der Waals surface area (Å²) in [5.41, 5.74) is 9.68. The average Bonchev–Trinajstić information content (AvgIpc) is 3.50. The van der Waals surface area contributed by atoms with E-state index in [1.807, 2.05) is 133 Å². The zero-order valence-electron chi connectivity index (χ0n) is 32.6. The molecule has 0 atom stereocenters. The van der Waals surface area contributed by atoms with Crippen LogP contribution in [0.15, 0.2) is 170 Å². The van der Waals surface area contributed by atoms with E-state index in [1.165, 1.54) is 0 Å². The van der Waals surface area contributed by atoms with E-state index < -0.39 is 7.12 Å². The van der Waals surface area contributed by atoms with Crippen LogP contribution in [0, 0.1) is 0 Å². The summed E-state index contributed by atoms with van der Waals surface area (Å²) in [6, 6.07) is 47.8. The lowest BCUT2D eigenvalue weighted by molar-refractivity contribution is 0.00578. The summed E-state index contributed by atoms with van der Waals surface area (Å²) in [7, 11) is -0.395. The van der Waals surface area contributed by atoms with Gasteiger partial charge in [-0.25, -0.2) is 19.9 Å². The van der Waals surface area contributed by atoms with Gasteiger partial charge in [-0.3, -0.25) is 9.97 Å². The van der Waals surface area contributed by atoms with Crippen molar-refractivity contribution in [2.24, 2.45) is 0 Å². The third kappa shape index (κ3) is 8.62. The van der Waals surface area contributed by atoms with Crippen LogP contribution in [-0.2, 0) is 9.31 Å². The van der Waals surface area contributed by atoms with Gasteiger partial charge in [0.25, 0.3) is 0 Å². The van der Waals surface area contributed by atoms with E-state index in [2.05, 4.69) is 49.8 Å². The molecule has 0 spiro atoms. The van der Waals surface area contributed by atoms with Gasteiger partial charge >= 0.3 is 7.12 Å². The highest BCUT2D eigenvalue weighted by molar-refractivity contribution is 6.62. The largest absolute Gasteiger partial charge is 0.494 e. The fourth-order valence-electron chi connectivity index (χ4n) is 6.37. The van der Waals surface area contributed by atoms with Gasteiger partial charge in [0.2, 0.25) is 0 Å². The minimum absolute atomic E-state index is 0.372. The maximum Gasteiger partial charge on any atom is 0.494 e. The third-order valence-electron chi connectivity index (χ3n) is 10.3. The number of hydrogen-bond acceptors (Lipinski definition) is 8. The van der Waals surface area contributed by atoms with Crippen LogP contribution in [0.4, 0.5) is 0 Å². The number of hydrogen-bond donors (Lipinski definition) is 0. The van der Waals surface area contributed by atoms with Gasteiger partial charge in [0.05, 0.1) is 34.0 Å². The molecular formula is C48H40BClN6O2. The summed E-state index contributed by atoms with van der Waals surface area (Å²) in [4.78, 5) is 27.5. The Hall–Kier alpha value is -6.39. The Morgan fingerprint density at radius 2 is 0.759 bits per heavy atom. The molecule has 8 nitrogen and oxygen atoms in total. The van der Waals surface area contributed by atoms with Gasteiger partial charge in [-0.05, 0) is 93.8 Å².